The number of nitrogens with zero attached hydrogens (tertiary/aromatic N) is 2. The minimum atomic E-state index is 0.0165. The van der Waals surface area contributed by atoms with Gasteiger partial charge in [0.25, 0.3) is 5.89 Å². The van der Waals surface area contributed by atoms with Crippen LogP contribution in [-0.2, 0) is 16.1 Å². The fourth-order valence-electron chi connectivity index (χ4n) is 1.81. The molecule has 2 saturated heterocycles. The molecule has 2 aliphatic heterocycles. The number of hydrogen-bond donors (Lipinski definition) is 1. The lowest BCUT2D eigenvalue weighted by Crippen LogP contribution is -2.48. The Morgan fingerprint density at radius 2 is 2.38 bits per heavy atom. The van der Waals surface area contributed by atoms with E-state index in [1.165, 1.54) is 0 Å². The molecule has 1 unspecified atom stereocenters. The molecule has 16 heavy (non-hydrogen) atoms. The monoisotopic (exact) mass is 225 g/mol. The molecular weight excluding hydrogens is 210 g/mol. The van der Waals surface area contributed by atoms with Crippen molar-refractivity contribution in [2.75, 3.05) is 19.7 Å². The zero-order chi connectivity index (χ0) is 10.8. The fraction of sp³-hybridized carbons (Fsp3) is 0.800. The molecule has 0 aliphatic carbocycles. The van der Waals surface area contributed by atoms with Gasteiger partial charge in [0.15, 0.2) is 0 Å². The smallest absolute Gasteiger partial charge is 0.252 e. The summed E-state index contributed by atoms with van der Waals surface area (Å²) >= 11 is 0. The molecule has 0 bridgehead atoms. The molecule has 88 valence electrons. The zero-order valence-corrected chi connectivity index (χ0v) is 9.02. The maximum atomic E-state index is 5.54. The maximum absolute atomic E-state index is 5.54. The van der Waals surface area contributed by atoms with Crippen LogP contribution in [0, 0.1) is 0 Å². The molecule has 2 aliphatic rings. The highest BCUT2D eigenvalue weighted by Crippen LogP contribution is 2.26. The van der Waals surface area contributed by atoms with E-state index in [2.05, 4.69) is 15.5 Å². The Kier molecular flexibility index (Phi) is 2.86. The third-order valence-corrected chi connectivity index (χ3v) is 2.89. The van der Waals surface area contributed by atoms with Crippen LogP contribution in [0.15, 0.2) is 4.52 Å². The van der Waals surface area contributed by atoms with Crippen molar-refractivity contribution in [2.45, 2.75) is 31.7 Å². The molecule has 1 aromatic heterocycles. The number of nitrogens with one attached hydrogen (secondary N) is 1. The molecule has 3 rings (SSSR count). The summed E-state index contributed by atoms with van der Waals surface area (Å²) in [5, 5.41) is 7.05. The Hall–Kier alpha value is -0.980. The standard InChI is InChI=1S/C10H15N3O3/c1-2-8(14-3-1)10-12-9(16-13-10)6-15-7-4-11-5-7/h7-8,11H,1-6H2. The van der Waals surface area contributed by atoms with Gasteiger partial charge in [-0.1, -0.05) is 5.16 Å². The number of ether oxygens (including phenoxy) is 2. The van der Waals surface area contributed by atoms with Crippen LogP contribution in [-0.4, -0.2) is 35.9 Å². The van der Waals surface area contributed by atoms with Crippen molar-refractivity contribution >= 4 is 0 Å². The second-order valence-electron chi connectivity index (χ2n) is 4.14. The van der Waals surface area contributed by atoms with Crippen LogP contribution in [0.2, 0.25) is 0 Å². The molecule has 3 heterocycles. The van der Waals surface area contributed by atoms with Gasteiger partial charge in [-0.2, -0.15) is 4.98 Å². The summed E-state index contributed by atoms with van der Waals surface area (Å²) in [6.07, 6.45) is 2.35. The van der Waals surface area contributed by atoms with Crippen molar-refractivity contribution in [3.05, 3.63) is 11.7 Å². The first kappa shape index (κ1) is 10.2. The van der Waals surface area contributed by atoms with Crippen LogP contribution < -0.4 is 5.32 Å². The Balaban J connectivity index is 1.54. The molecule has 1 N–H and O–H groups in total. The highest BCUT2D eigenvalue weighted by Gasteiger charge is 2.24. The van der Waals surface area contributed by atoms with E-state index in [9.17, 15) is 0 Å². The number of aromatic nitrogens is 2. The first-order chi connectivity index (χ1) is 7.92. The third kappa shape index (κ3) is 2.09. The lowest BCUT2D eigenvalue weighted by molar-refractivity contribution is -0.00397. The largest absolute Gasteiger partial charge is 0.370 e. The highest BCUT2D eigenvalue weighted by atomic mass is 16.5. The summed E-state index contributed by atoms with van der Waals surface area (Å²) in [6.45, 7) is 3.00. The molecule has 0 spiro atoms. The van der Waals surface area contributed by atoms with E-state index < -0.39 is 0 Å². The van der Waals surface area contributed by atoms with Crippen LogP contribution in [0.5, 0.6) is 0 Å². The Morgan fingerprint density at radius 3 is 3.06 bits per heavy atom. The number of hydrogen-bond acceptors (Lipinski definition) is 6. The zero-order valence-electron chi connectivity index (χ0n) is 9.02. The average molecular weight is 225 g/mol. The van der Waals surface area contributed by atoms with Gasteiger partial charge in [0.2, 0.25) is 5.82 Å². The summed E-state index contributed by atoms with van der Waals surface area (Å²) in [7, 11) is 0. The lowest BCUT2D eigenvalue weighted by Gasteiger charge is -2.26. The highest BCUT2D eigenvalue weighted by molar-refractivity contribution is 4.92. The van der Waals surface area contributed by atoms with E-state index in [1.807, 2.05) is 0 Å². The Labute approximate surface area is 93.3 Å². The predicted octanol–water partition coefficient (Wildman–Crippen LogP) is 0.410. The van der Waals surface area contributed by atoms with Crippen molar-refractivity contribution in [1.29, 1.82) is 0 Å². The fourth-order valence-corrected chi connectivity index (χ4v) is 1.81. The van der Waals surface area contributed by atoms with Crippen LogP contribution in [0.25, 0.3) is 0 Å². The first-order valence-corrected chi connectivity index (χ1v) is 5.68. The molecule has 0 radical (unpaired) electrons. The van der Waals surface area contributed by atoms with Crippen molar-refractivity contribution in [3.63, 3.8) is 0 Å². The molecule has 0 aromatic carbocycles. The van der Waals surface area contributed by atoms with Gasteiger partial charge < -0.3 is 19.3 Å². The quantitative estimate of drug-likeness (QED) is 0.800. The summed E-state index contributed by atoms with van der Waals surface area (Å²) in [6, 6.07) is 0. The van der Waals surface area contributed by atoms with Crippen LogP contribution in [0.4, 0.5) is 0 Å². The van der Waals surface area contributed by atoms with E-state index in [1.54, 1.807) is 0 Å². The van der Waals surface area contributed by atoms with Gasteiger partial charge in [-0.15, -0.1) is 0 Å². The van der Waals surface area contributed by atoms with E-state index in [-0.39, 0.29) is 12.2 Å². The number of rotatable bonds is 4. The minimum Gasteiger partial charge on any atom is -0.370 e. The first-order valence-electron chi connectivity index (χ1n) is 5.68. The van der Waals surface area contributed by atoms with Crippen molar-refractivity contribution in [2.24, 2.45) is 0 Å². The van der Waals surface area contributed by atoms with Crippen molar-refractivity contribution in [1.82, 2.24) is 15.5 Å². The molecule has 0 saturated carbocycles. The molecule has 0 amide bonds. The Morgan fingerprint density at radius 1 is 1.44 bits per heavy atom. The van der Waals surface area contributed by atoms with Gasteiger partial charge in [-0.3, -0.25) is 0 Å². The van der Waals surface area contributed by atoms with Gasteiger partial charge in [0.05, 0.1) is 6.10 Å². The van der Waals surface area contributed by atoms with Crippen LogP contribution >= 0.6 is 0 Å². The Bertz CT molecular complexity index is 345. The molecule has 2 fully saturated rings. The van der Waals surface area contributed by atoms with Crippen molar-refractivity contribution in [3.8, 4) is 0 Å². The van der Waals surface area contributed by atoms with Crippen molar-refractivity contribution < 1.29 is 14.0 Å². The summed E-state index contributed by atoms with van der Waals surface area (Å²) in [5.41, 5.74) is 0. The maximum Gasteiger partial charge on any atom is 0.252 e. The normalized spacial score (nSPS) is 25.9. The van der Waals surface area contributed by atoms with Gasteiger partial charge in [-0.05, 0) is 12.8 Å². The summed E-state index contributed by atoms with van der Waals surface area (Å²) in [5.74, 6) is 1.19. The average Bonchev–Trinajstić information content (AvgIpc) is 2.84. The van der Waals surface area contributed by atoms with Crippen LogP contribution in [0.3, 0.4) is 0 Å². The van der Waals surface area contributed by atoms with E-state index in [0.29, 0.717) is 18.3 Å². The summed E-state index contributed by atoms with van der Waals surface area (Å²) in [4.78, 5) is 4.27. The van der Waals surface area contributed by atoms with E-state index in [0.717, 1.165) is 32.5 Å². The van der Waals surface area contributed by atoms with Gasteiger partial charge in [-0.25, -0.2) is 0 Å². The van der Waals surface area contributed by atoms with Crippen LogP contribution in [0.1, 0.15) is 30.7 Å². The van der Waals surface area contributed by atoms with E-state index in [4.69, 9.17) is 14.0 Å². The summed E-state index contributed by atoms with van der Waals surface area (Å²) < 4.78 is 16.1. The van der Waals surface area contributed by atoms with Gasteiger partial charge in [0, 0.05) is 19.7 Å². The third-order valence-electron chi connectivity index (χ3n) is 2.89. The molecule has 1 atom stereocenters. The molecular formula is C10H15N3O3. The minimum absolute atomic E-state index is 0.0165. The second-order valence-corrected chi connectivity index (χ2v) is 4.14. The topological polar surface area (TPSA) is 69.4 Å². The lowest BCUT2D eigenvalue weighted by atomic mass is 10.2. The molecule has 6 heteroatoms. The second kappa shape index (κ2) is 4.48. The molecule has 1 aromatic rings. The molecule has 6 nitrogen and oxygen atoms in total. The van der Waals surface area contributed by atoms with E-state index >= 15 is 0 Å². The van der Waals surface area contributed by atoms with Gasteiger partial charge >= 0.3 is 0 Å². The SMILES string of the molecule is C1COC(c2noc(COC3CNC3)n2)C1. The predicted molar refractivity (Wildman–Crippen MR) is 53.7 cm³/mol. The van der Waals surface area contributed by atoms with Gasteiger partial charge in [0.1, 0.15) is 12.7 Å².